The lowest BCUT2D eigenvalue weighted by molar-refractivity contribution is 0.464. The van der Waals surface area contributed by atoms with Crippen LogP contribution in [0, 0.1) is 5.92 Å². The van der Waals surface area contributed by atoms with Crippen molar-refractivity contribution in [1.82, 2.24) is 4.98 Å². The lowest BCUT2D eigenvalue weighted by atomic mass is 9.98. The average Bonchev–Trinajstić information content (AvgIpc) is 2.90. The zero-order valence-corrected chi connectivity index (χ0v) is 9.78. The molecule has 1 aromatic heterocycles. The van der Waals surface area contributed by atoms with Crippen molar-refractivity contribution in [3.63, 3.8) is 0 Å². The number of hydrogen-bond acceptors (Lipinski definition) is 3. The predicted molar refractivity (Wildman–Crippen MR) is 66.4 cm³/mol. The van der Waals surface area contributed by atoms with Crippen molar-refractivity contribution >= 4 is 11.3 Å². The fourth-order valence-corrected chi connectivity index (χ4v) is 3.20. The minimum atomic E-state index is 0.181. The van der Waals surface area contributed by atoms with Gasteiger partial charge in [0, 0.05) is 24.0 Å². The summed E-state index contributed by atoms with van der Waals surface area (Å²) < 4.78 is 0. The van der Waals surface area contributed by atoms with E-state index in [1.807, 2.05) is 11.6 Å². The van der Waals surface area contributed by atoms with Gasteiger partial charge in [0.25, 0.3) is 0 Å². The van der Waals surface area contributed by atoms with Crippen LogP contribution in [0.4, 0.5) is 0 Å². The molecule has 2 atom stereocenters. The highest BCUT2D eigenvalue weighted by Gasteiger charge is 2.29. The molecule has 0 amide bonds. The van der Waals surface area contributed by atoms with Gasteiger partial charge in [0.05, 0.1) is 5.01 Å². The summed E-state index contributed by atoms with van der Waals surface area (Å²) in [7, 11) is 0. The van der Waals surface area contributed by atoms with Crippen LogP contribution in [0.5, 0.6) is 0 Å². The van der Waals surface area contributed by atoms with Crippen LogP contribution in [0.25, 0.3) is 0 Å². The fraction of sp³-hybridized carbons (Fsp3) is 0.308. The number of thiazole rings is 1. The van der Waals surface area contributed by atoms with E-state index in [0.29, 0.717) is 5.92 Å². The molecule has 2 aromatic rings. The summed E-state index contributed by atoms with van der Waals surface area (Å²) in [5.41, 5.74) is 9.02. The number of hydrogen-bond donors (Lipinski definition) is 1. The first-order valence-electron chi connectivity index (χ1n) is 5.56. The molecular formula is C13H14N2S. The van der Waals surface area contributed by atoms with Crippen molar-refractivity contribution in [3.05, 3.63) is 52.0 Å². The van der Waals surface area contributed by atoms with Crippen LogP contribution < -0.4 is 5.73 Å². The largest absolute Gasteiger partial charge is 0.324 e. The van der Waals surface area contributed by atoms with Crippen molar-refractivity contribution in [3.8, 4) is 0 Å². The first kappa shape index (κ1) is 10.00. The predicted octanol–water partition coefficient (Wildman–Crippen LogP) is 2.56. The van der Waals surface area contributed by atoms with E-state index in [-0.39, 0.29) is 6.04 Å². The second-order valence-corrected chi connectivity index (χ2v) is 5.30. The summed E-state index contributed by atoms with van der Waals surface area (Å²) in [5.74, 6) is 0.517. The van der Waals surface area contributed by atoms with Gasteiger partial charge in [-0.05, 0) is 23.5 Å². The van der Waals surface area contributed by atoms with Crippen LogP contribution >= 0.6 is 11.3 Å². The molecular weight excluding hydrogens is 216 g/mol. The number of nitrogens with zero attached hydrogens (tertiary/aromatic N) is 1. The Morgan fingerprint density at radius 3 is 3.00 bits per heavy atom. The van der Waals surface area contributed by atoms with E-state index < -0.39 is 0 Å². The Balaban J connectivity index is 1.82. The molecule has 1 aliphatic rings. The number of rotatable bonds is 2. The standard InChI is InChI=1S/C13H14N2S/c14-13-10(8-12-15-5-6-16-12)7-9-3-1-2-4-11(9)13/h1-6,10,13H,7-8,14H2. The van der Waals surface area contributed by atoms with Crippen molar-refractivity contribution in [2.75, 3.05) is 0 Å². The average molecular weight is 230 g/mol. The molecule has 3 heteroatoms. The van der Waals surface area contributed by atoms with Gasteiger partial charge in [-0.25, -0.2) is 4.98 Å². The summed E-state index contributed by atoms with van der Waals surface area (Å²) in [6.07, 6.45) is 3.97. The molecule has 2 nitrogen and oxygen atoms in total. The molecule has 82 valence electrons. The molecule has 1 aliphatic carbocycles. The van der Waals surface area contributed by atoms with Crippen LogP contribution in [-0.2, 0) is 12.8 Å². The Bertz CT molecular complexity index is 476. The number of aromatic nitrogens is 1. The molecule has 0 aliphatic heterocycles. The maximum atomic E-state index is 6.28. The van der Waals surface area contributed by atoms with Crippen molar-refractivity contribution in [1.29, 1.82) is 0 Å². The van der Waals surface area contributed by atoms with Gasteiger partial charge >= 0.3 is 0 Å². The van der Waals surface area contributed by atoms with E-state index >= 15 is 0 Å². The summed E-state index contributed by atoms with van der Waals surface area (Å²) in [5, 5.41) is 3.23. The molecule has 1 heterocycles. The minimum Gasteiger partial charge on any atom is -0.324 e. The lowest BCUT2D eigenvalue weighted by Crippen LogP contribution is -2.18. The van der Waals surface area contributed by atoms with E-state index in [2.05, 4.69) is 29.2 Å². The van der Waals surface area contributed by atoms with Gasteiger partial charge in [-0.2, -0.15) is 0 Å². The summed E-state index contributed by atoms with van der Waals surface area (Å²) in [4.78, 5) is 4.34. The maximum absolute atomic E-state index is 6.28. The van der Waals surface area contributed by atoms with Gasteiger partial charge in [0.15, 0.2) is 0 Å². The minimum absolute atomic E-state index is 0.181. The topological polar surface area (TPSA) is 38.9 Å². The summed E-state index contributed by atoms with van der Waals surface area (Å²) >= 11 is 1.72. The molecule has 0 bridgehead atoms. The zero-order chi connectivity index (χ0) is 11.0. The summed E-state index contributed by atoms with van der Waals surface area (Å²) in [6, 6.07) is 8.70. The second kappa shape index (κ2) is 4.00. The molecule has 0 saturated carbocycles. The van der Waals surface area contributed by atoms with Crippen molar-refractivity contribution < 1.29 is 0 Å². The highest BCUT2D eigenvalue weighted by Crippen LogP contribution is 2.36. The van der Waals surface area contributed by atoms with Crippen molar-refractivity contribution in [2.45, 2.75) is 18.9 Å². The van der Waals surface area contributed by atoms with Gasteiger partial charge in [0.1, 0.15) is 0 Å². The van der Waals surface area contributed by atoms with Crippen molar-refractivity contribution in [2.24, 2.45) is 11.7 Å². The highest BCUT2D eigenvalue weighted by molar-refractivity contribution is 7.09. The third kappa shape index (κ3) is 1.66. The molecule has 2 unspecified atom stereocenters. The third-order valence-corrected chi connectivity index (χ3v) is 4.13. The summed E-state index contributed by atoms with van der Waals surface area (Å²) in [6.45, 7) is 0. The van der Waals surface area contributed by atoms with E-state index in [1.54, 1.807) is 11.3 Å². The molecule has 1 aromatic carbocycles. The van der Waals surface area contributed by atoms with Gasteiger partial charge in [-0.15, -0.1) is 11.3 Å². The Kier molecular flexibility index (Phi) is 2.50. The first-order chi connectivity index (χ1) is 7.84. The molecule has 3 rings (SSSR count). The van der Waals surface area contributed by atoms with Crippen LogP contribution in [-0.4, -0.2) is 4.98 Å². The first-order valence-corrected chi connectivity index (χ1v) is 6.44. The molecule has 0 spiro atoms. The molecule has 0 saturated heterocycles. The SMILES string of the molecule is NC1c2ccccc2CC1Cc1nccs1. The van der Waals surface area contributed by atoms with Gasteiger partial charge in [0.2, 0.25) is 0 Å². The second-order valence-electron chi connectivity index (χ2n) is 4.32. The van der Waals surface area contributed by atoms with E-state index in [1.165, 1.54) is 16.1 Å². The molecule has 0 radical (unpaired) electrons. The van der Waals surface area contributed by atoms with Crippen LogP contribution in [0.3, 0.4) is 0 Å². The maximum Gasteiger partial charge on any atom is 0.0928 e. The Morgan fingerprint density at radius 2 is 2.25 bits per heavy atom. The van der Waals surface area contributed by atoms with Crippen LogP contribution in [0.2, 0.25) is 0 Å². The molecule has 2 N–H and O–H groups in total. The number of nitrogens with two attached hydrogens (primary N) is 1. The Labute approximate surface area is 99.1 Å². The molecule has 16 heavy (non-hydrogen) atoms. The number of fused-ring (bicyclic) bond motifs is 1. The van der Waals surface area contributed by atoms with Crippen LogP contribution in [0.1, 0.15) is 22.2 Å². The highest BCUT2D eigenvalue weighted by atomic mass is 32.1. The lowest BCUT2D eigenvalue weighted by Gasteiger charge is -2.14. The van der Waals surface area contributed by atoms with E-state index in [0.717, 1.165) is 12.8 Å². The van der Waals surface area contributed by atoms with Gasteiger partial charge in [-0.1, -0.05) is 24.3 Å². The van der Waals surface area contributed by atoms with Gasteiger partial charge in [-0.3, -0.25) is 0 Å². The van der Waals surface area contributed by atoms with Crippen LogP contribution in [0.15, 0.2) is 35.8 Å². The quantitative estimate of drug-likeness (QED) is 0.861. The van der Waals surface area contributed by atoms with Gasteiger partial charge < -0.3 is 5.73 Å². The normalized spacial score (nSPS) is 23.3. The zero-order valence-electron chi connectivity index (χ0n) is 8.97. The van der Waals surface area contributed by atoms with E-state index in [4.69, 9.17) is 5.73 Å². The smallest absolute Gasteiger partial charge is 0.0928 e. The van der Waals surface area contributed by atoms with E-state index in [9.17, 15) is 0 Å². The monoisotopic (exact) mass is 230 g/mol. The number of benzene rings is 1. The third-order valence-electron chi connectivity index (χ3n) is 3.32. The fourth-order valence-electron chi connectivity index (χ4n) is 2.49. The Hall–Kier alpha value is -1.19. The molecule has 0 fully saturated rings. The Morgan fingerprint density at radius 1 is 1.38 bits per heavy atom.